The minimum atomic E-state index is -4.84. The van der Waals surface area contributed by atoms with Crippen LogP contribution in [0.5, 0.6) is 0 Å². The van der Waals surface area contributed by atoms with Crippen LogP contribution >= 0.6 is 0 Å². The van der Waals surface area contributed by atoms with Crippen molar-refractivity contribution in [2.45, 2.75) is 6.18 Å². The van der Waals surface area contributed by atoms with Gasteiger partial charge in [0.1, 0.15) is 5.82 Å². The maximum Gasteiger partial charge on any atom is 0.419 e. The first-order chi connectivity index (χ1) is 9.82. The molecule has 0 aliphatic heterocycles. The van der Waals surface area contributed by atoms with Gasteiger partial charge < -0.3 is 4.90 Å². The fourth-order valence-electron chi connectivity index (χ4n) is 1.87. The van der Waals surface area contributed by atoms with Crippen LogP contribution in [0.2, 0.25) is 0 Å². The van der Waals surface area contributed by atoms with Crippen LogP contribution in [0.3, 0.4) is 0 Å². The highest BCUT2D eigenvalue weighted by atomic mass is 19.4. The van der Waals surface area contributed by atoms with Crippen molar-refractivity contribution in [3.05, 3.63) is 65.5 Å². The van der Waals surface area contributed by atoms with Crippen LogP contribution < -0.4 is 4.90 Å². The first-order valence-electron chi connectivity index (χ1n) is 6.01. The number of para-hydroxylation sites is 1. The van der Waals surface area contributed by atoms with Crippen LogP contribution in [0.1, 0.15) is 15.9 Å². The van der Waals surface area contributed by atoms with Gasteiger partial charge in [-0.2, -0.15) is 13.2 Å². The molecule has 2 aromatic carbocycles. The summed E-state index contributed by atoms with van der Waals surface area (Å²) < 4.78 is 51.9. The van der Waals surface area contributed by atoms with Crippen molar-refractivity contribution in [2.75, 3.05) is 11.9 Å². The van der Waals surface area contributed by atoms with Gasteiger partial charge in [0.2, 0.25) is 0 Å². The fourth-order valence-corrected chi connectivity index (χ4v) is 1.87. The van der Waals surface area contributed by atoms with Crippen molar-refractivity contribution < 1.29 is 22.4 Å². The van der Waals surface area contributed by atoms with E-state index in [1.165, 1.54) is 7.05 Å². The lowest BCUT2D eigenvalue weighted by atomic mass is 10.1. The van der Waals surface area contributed by atoms with Gasteiger partial charge in [-0.25, -0.2) is 4.39 Å². The molecule has 0 saturated heterocycles. The van der Waals surface area contributed by atoms with Crippen molar-refractivity contribution in [3.63, 3.8) is 0 Å². The van der Waals surface area contributed by atoms with E-state index in [1.54, 1.807) is 30.3 Å². The summed E-state index contributed by atoms with van der Waals surface area (Å²) in [6, 6.07) is 10.9. The first-order valence-corrected chi connectivity index (χ1v) is 6.01. The summed E-state index contributed by atoms with van der Waals surface area (Å²) in [4.78, 5) is 13.3. The van der Waals surface area contributed by atoms with E-state index in [0.29, 0.717) is 11.8 Å². The second-order valence-electron chi connectivity index (χ2n) is 4.36. The van der Waals surface area contributed by atoms with Gasteiger partial charge in [0.25, 0.3) is 5.91 Å². The van der Waals surface area contributed by atoms with E-state index >= 15 is 0 Å². The minimum Gasteiger partial charge on any atom is -0.311 e. The SMILES string of the molecule is CN(C(=O)c1cccc(C(F)(F)F)c1F)c1ccccc1. The molecule has 21 heavy (non-hydrogen) atoms. The van der Waals surface area contributed by atoms with Crippen molar-refractivity contribution in [3.8, 4) is 0 Å². The molecule has 2 aromatic rings. The summed E-state index contributed by atoms with van der Waals surface area (Å²) >= 11 is 0. The number of anilines is 1. The maximum atomic E-state index is 13.9. The number of hydrogen-bond acceptors (Lipinski definition) is 1. The quantitative estimate of drug-likeness (QED) is 0.764. The van der Waals surface area contributed by atoms with Crippen LogP contribution in [0.15, 0.2) is 48.5 Å². The Kier molecular flexibility index (Phi) is 3.97. The molecule has 0 aliphatic rings. The minimum absolute atomic E-state index is 0.458. The van der Waals surface area contributed by atoms with E-state index in [-0.39, 0.29) is 0 Å². The normalized spacial score (nSPS) is 11.3. The number of rotatable bonds is 2. The Morgan fingerprint density at radius 1 is 1.00 bits per heavy atom. The average Bonchev–Trinajstić information content (AvgIpc) is 2.45. The number of amides is 1. The van der Waals surface area contributed by atoms with Crippen molar-refractivity contribution in [2.24, 2.45) is 0 Å². The molecule has 1 amide bonds. The lowest BCUT2D eigenvalue weighted by Gasteiger charge is -2.18. The Morgan fingerprint density at radius 3 is 2.19 bits per heavy atom. The Hall–Kier alpha value is -2.37. The first kappa shape index (κ1) is 15.0. The van der Waals surface area contributed by atoms with Crippen LogP contribution in [0.25, 0.3) is 0 Å². The molecular formula is C15H11F4NO. The fraction of sp³-hybridized carbons (Fsp3) is 0.133. The predicted molar refractivity (Wildman–Crippen MR) is 70.6 cm³/mol. The molecule has 0 spiro atoms. The number of carbonyl (C=O) groups is 1. The lowest BCUT2D eigenvalue weighted by Crippen LogP contribution is -2.27. The monoisotopic (exact) mass is 297 g/mol. The van der Waals surface area contributed by atoms with Crippen molar-refractivity contribution >= 4 is 11.6 Å². The molecule has 0 bridgehead atoms. The van der Waals surface area contributed by atoms with E-state index in [1.807, 2.05) is 0 Å². The van der Waals surface area contributed by atoms with E-state index in [9.17, 15) is 22.4 Å². The lowest BCUT2D eigenvalue weighted by molar-refractivity contribution is -0.140. The van der Waals surface area contributed by atoms with Gasteiger partial charge in [-0.15, -0.1) is 0 Å². The van der Waals surface area contributed by atoms with Gasteiger partial charge in [-0.1, -0.05) is 24.3 Å². The number of halogens is 4. The van der Waals surface area contributed by atoms with E-state index < -0.39 is 29.0 Å². The van der Waals surface area contributed by atoms with Crippen molar-refractivity contribution in [1.82, 2.24) is 0 Å². The zero-order chi connectivity index (χ0) is 15.6. The smallest absolute Gasteiger partial charge is 0.311 e. The summed E-state index contributed by atoms with van der Waals surface area (Å²) in [6.07, 6.45) is -4.84. The van der Waals surface area contributed by atoms with Crippen LogP contribution in [-0.4, -0.2) is 13.0 Å². The molecule has 0 atom stereocenters. The highest BCUT2D eigenvalue weighted by Gasteiger charge is 2.36. The summed E-state index contributed by atoms with van der Waals surface area (Å²) in [5, 5.41) is 0. The van der Waals surface area contributed by atoms with Gasteiger partial charge in [0, 0.05) is 12.7 Å². The second-order valence-corrected chi connectivity index (χ2v) is 4.36. The molecular weight excluding hydrogens is 286 g/mol. The molecule has 0 fully saturated rings. The van der Waals surface area contributed by atoms with Crippen molar-refractivity contribution in [1.29, 1.82) is 0 Å². The number of benzene rings is 2. The number of hydrogen-bond donors (Lipinski definition) is 0. The third kappa shape index (κ3) is 3.04. The van der Waals surface area contributed by atoms with Gasteiger partial charge in [0.05, 0.1) is 11.1 Å². The molecule has 0 radical (unpaired) electrons. The molecule has 110 valence electrons. The number of carbonyl (C=O) groups excluding carboxylic acids is 1. The Morgan fingerprint density at radius 2 is 1.62 bits per heavy atom. The summed E-state index contributed by atoms with van der Waals surface area (Å²) in [7, 11) is 1.37. The molecule has 0 heterocycles. The second kappa shape index (κ2) is 5.55. The summed E-state index contributed by atoms with van der Waals surface area (Å²) in [6.45, 7) is 0. The summed E-state index contributed by atoms with van der Waals surface area (Å²) in [5.41, 5.74) is -1.61. The topological polar surface area (TPSA) is 20.3 Å². The van der Waals surface area contributed by atoms with Gasteiger partial charge >= 0.3 is 6.18 Å². The average molecular weight is 297 g/mol. The largest absolute Gasteiger partial charge is 0.419 e. The standard InChI is InChI=1S/C15H11F4NO/c1-20(10-6-3-2-4-7-10)14(21)11-8-5-9-12(13(11)16)15(17,18)19/h2-9H,1H3. The predicted octanol–water partition coefficient (Wildman–Crippen LogP) is 4.12. The molecule has 0 saturated carbocycles. The maximum absolute atomic E-state index is 13.9. The molecule has 0 unspecified atom stereocenters. The Bertz CT molecular complexity index is 652. The Balaban J connectivity index is 2.41. The van der Waals surface area contributed by atoms with Gasteiger partial charge in [-0.3, -0.25) is 4.79 Å². The molecule has 0 aliphatic carbocycles. The molecule has 0 N–H and O–H groups in total. The third-order valence-corrected chi connectivity index (χ3v) is 2.98. The van der Waals surface area contributed by atoms with Gasteiger partial charge in [-0.05, 0) is 24.3 Å². The van der Waals surface area contributed by atoms with E-state index in [4.69, 9.17) is 0 Å². The van der Waals surface area contributed by atoms with Crippen LogP contribution in [-0.2, 0) is 6.18 Å². The van der Waals surface area contributed by atoms with E-state index in [0.717, 1.165) is 17.0 Å². The number of nitrogens with zero attached hydrogens (tertiary/aromatic N) is 1. The highest BCUT2D eigenvalue weighted by Crippen LogP contribution is 2.32. The van der Waals surface area contributed by atoms with E-state index in [2.05, 4.69) is 0 Å². The molecule has 6 heteroatoms. The van der Waals surface area contributed by atoms with Gasteiger partial charge in [0.15, 0.2) is 0 Å². The zero-order valence-corrected chi connectivity index (χ0v) is 11.0. The number of alkyl halides is 3. The highest BCUT2D eigenvalue weighted by molar-refractivity contribution is 6.06. The molecule has 2 rings (SSSR count). The molecule has 2 nitrogen and oxygen atoms in total. The van der Waals surface area contributed by atoms with Crippen LogP contribution in [0, 0.1) is 5.82 Å². The Labute approximate surface area is 118 Å². The zero-order valence-electron chi connectivity index (χ0n) is 11.0. The molecule has 0 aromatic heterocycles. The van der Waals surface area contributed by atoms with Crippen LogP contribution in [0.4, 0.5) is 23.2 Å². The summed E-state index contributed by atoms with van der Waals surface area (Å²) in [5.74, 6) is -2.40. The third-order valence-electron chi connectivity index (χ3n) is 2.98.